The second-order valence-electron chi connectivity index (χ2n) is 5.85. The number of rotatable bonds is 5. The van der Waals surface area contributed by atoms with Crippen molar-refractivity contribution in [2.24, 2.45) is 11.8 Å². The van der Waals surface area contributed by atoms with Crippen LogP contribution in [0.15, 0.2) is 12.1 Å². The molecule has 0 atom stereocenters. The van der Waals surface area contributed by atoms with E-state index in [1.54, 1.807) is 0 Å². The number of nitro benzene ring substituents is 1. The van der Waals surface area contributed by atoms with Crippen LogP contribution in [-0.4, -0.2) is 11.5 Å². The molecule has 0 radical (unpaired) electrons. The Labute approximate surface area is 122 Å². The van der Waals surface area contributed by atoms with E-state index in [1.807, 2.05) is 0 Å². The minimum Gasteiger partial charge on any atom is -0.377 e. The summed E-state index contributed by atoms with van der Waals surface area (Å²) in [5, 5.41) is 13.6. The van der Waals surface area contributed by atoms with Crippen LogP contribution in [0, 0.1) is 33.6 Å². The third kappa shape index (κ3) is 3.89. The molecule has 1 aliphatic rings. The van der Waals surface area contributed by atoms with Crippen molar-refractivity contribution in [2.45, 2.75) is 39.0 Å². The van der Waals surface area contributed by atoms with Crippen LogP contribution < -0.4 is 5.32 Å². The second-order valence-corrected chi connectivity index (χ2v) is 5.85. The Hall–Kier alpha value is -1.72. The van der Waals surface area contributed by atoms with E-state index in [-0.39, 0.29) is 5.69 Å². The van der Waals surface area contributed by atoms with Crippen LogP contribution in [0.4, 0.5) is 20.2 Å². The minimum atomic E-state index is -1.18. The lowest BCUT2D eigenvalue weighted by molar-refractivity contribution is -0.384. The smallest absolute Gasteiger partial charge is 0.295 e. The lowest BCUT2D eigenvalue weighted by Gasteiger charge is -2.26. The van der Waals surface area contributed by atoms with Gasteiger partial charge in [0.1, 0.15) is 0 Å². The maximum absolute atomic E-state index is 13.7. The van der Waals surface area contributed by atoms with Crippen molar-refractivity contribution in [1.29, 1.82) is 0 Å². The van der Waals surface area contributed by atoms with E-state index in [0.29, 0.717) is 12.5 Å². The number of hydrogen-bond acceptors (Lipinski definition) is 3. The highest BCUT2D eigenvalue weighted by Crippen LogP contribution is 2.32. The standard InChI is InChI=1S/C15H20F2N2O2/c1-10-2-4-11(5-3-10)8-9-18-15-13(19(20)21)7-6-12(16)14(15)17/h6-7,10-11,18H,2-5,8-9H2,1H3. The van der Waals surface area contributed by atoms with E-state index in [9.17, 15) is 18.9 Å². The molecule has 6 heteroatoms. The molecule has 0 spiro atoms. The fraction of sp³-hybridized carbons (Fsp3) is 0.600. The highest BCUT2D eigenvalue weighted by atomic mass is 19.2. The van der Waals surface area contributed by atoms with E-state index in [0.717, 1.165) is 37.3 Å². The predicted molar refractivity (Wildman–Crippen MR) is 77.2 cm³/mol. The molecule has 0 amide bonds. The molecule has 2 rings (SSSR count). The molecular formula is C15H20F2N2O2. The van der Waals surface area contributed by atoms with E-state index in [4.69, 9.17) is 0 Å². The molecule has 21 heavy (non-hydrogen) atoms. The molecule has 1 fully saturated rings. The maximum Gasteiger partial charge on any atom is 0.295 e. The van der Waals surface area contributed by atoms with Gasteiger partial charge >= 0.3 is 0 Å². The van der Waals surface area contributed by atoms with Gasteiger partial charge in [0.05, 0.1) is 4.92 Å². The SMILES string of the molecule is CC1CCC(CCNc2c([N+](=O)[O-])ccc(F)c2F)CC1. The summed E-state index contributed by atoms with van der Waals surface area (Å²) < 4.78 is 26.9. The lowest BCUT2D eigenvalue weighted by atomic mass is 9.81. The quantitative estimate of drug-likeness (QED) is 0.643. The number of nitrogens with one attached hydrogen (secondary N) is 1. The molecule has 4 nitrogen and oxygen atoms in total. The first-order valence-corrected chi connectivity index (χ1v) is 7.35. The zero-order valence-electron chi connectivity index (χ0n) is 12.1. The number of benzene rings is 1. The van der Waals surface area contributed by atoms with E-state index < -0.39 is 22.2 Å². The van der Waals surface area contributed by atoms with Crippen molar-refractivity contribution in [3.8, 4) is 0 Å². The van der Waals surface area contributed by atoms with E-state index >= 15 is 0 Å². The van der Waals surface area contributed by atoms with Crippen LogP contribution in [-0.2, 0) is 0 Å². The topological polar surface area (TPSA) is 55.2 Å². The van der Waals surface area contributed by atoms with Crippen LogP contribution in [0.25, 0.3) is 0 Å². The van der Waals surface area contributed by atoms with Gasteiger partial charge in [-0.2, -0.15) is 0 Å². The summed E-state index contributed by atoms with van der Waals surface area (Å²) in [6.07, 6.45) is 5.48. The van der Waals surface area contributed by atoms with Gasteiger partial charge in [0.2, 0.25) is 0 Å². The number of halogens is 2. The van der Waals surface area contributed by atoms with Crippen LogP contribution >= 0.6 is 0 Å². The van der Waals surface area contributed by atoms with Gasteiger partial charge in [0.15, 0.2) is 17.3 Å². The Morgan fingerprint density at radius 3 is 2.57 bits per heavy atom. The van der Waals surface area contributed by atoms with Crippen molar-refractivity contribution in [3.05, 3.63) is 33.9 Å². The van der Waals surface area contributed by atoms with Crippen LogP contribution in [0.2, 0.25) is 0 Å². The third-order valence-corrected chi connectivity index (χ3v) is 4.26. The van der Waals surface area contributed by atoms with Crippen molar-refractivity contribution in [2.75, 3.05) is 11.9 Å². The molecule has 0 unspecified atom stereocenters. The average molecular weight is 298 g/mol. The lowest BCUT2D eigenvalue weighted by Crippen LogP contribution is -2.16. The summed E-state index contributed by atoms with van der Waals surface area (Å²) in [5.41, 5.74) is -0.768. The van der Waals surface area contributed by atoms with Gasteiger partial charge in [-0.05, 0) is 24.3 Å². The van der Waals surface area contributed by atoms with Crippen molar-refractivity contribution < 1.29 is 13.7 Å². The molecule has 0 aromatic heterocycles. The predicted octanol–water partition coefficient (Wildman–Crippen LogP) is 4.50. The monoisotopic (exact) mass is 298 g/mol. The highest BCUT2D eigenvalue weighted by molar-refractivity contribution is 5.62. The zero-order valence-corrected chi connectivity index (χ0v) is 12.1. The van der Waals surface area contributed by atoms with Gasteiger partial charge in [0.25, 0.3) is 5.69 Å². The zero-order chi connectivity index (χ0) is 15.4. The van der Waals surface area contributed by atoms with Gasteiger partial charge in [-0.1, -0.05) is 32.6 Å². The Bertz CT molecular complexity index is 515. The van der Waals surface area contributed by atoms with Crippen LogP contribution in [0.1, 0.15) is 39.0 Å². The minimum absolute atomic E-state index is 0.343. The molecule has 116 valence electrons. The van der Waals surface area contributed by atoms with Gasteiger partial charge in [0, 0.05) is 12.6 Å². The second kappa shape index (κ2) is 6.83. The highest BCUT2D eigenvalue weighted by Gasteiger charge is 2.22. The van der Waals surface area contributed by atoms with Crippen molar-refractivity contribution in [3.63, 3.8) is 0 Å². The Morgan fingerprint density at radius 1 is 1.29 bits per heavy atom. The van der Waals surface area contributed by atoms with Gasteiger partial charge < -0.3 is 5.32 Å². The molecule has 1 aromatic rings. The van der Waals surface area contributed by atoms with Gasteiger partial charge in [-0.15, -0.1) is 0 Å². The summed E-state index contributed by atoms with van der Waals surface area (Å²) in [4.78, 5) is 10.2. The van der Waals surface area contributed by atoms with E-state index in [1.165, 1.54) is 12.8 Å². The molecule has 0 heterocycles. The first-order chi connectivity index (χ1) is 9.99. The maximum atomic E-state index is 13.7. The molecule has 1 aliphatic carbocycles. The fourth-order valence-electron chi connectivity index (χ4n) is 2.88. The Morgan fingerprint density at radius 2 is 1.95 bits per heavy atom. The summed E-state index contributed by atoms with van der Waals surface area (Å²) >= 11 is 0. The van der Waals surface area contributed by atoms with Gasteiger partial charge in [-0.25, -0.2) is 8.78 Å². The number of nitro groups is 1. The Balaban J connectivity index is 1.96. The van der Waals surface area contributed by atoms with Gasteiger partial charge in [-0.3, -0.25) is 10.1 Å². The van der Waals surface area contributed by atoms with Crippen molar-refractivity contribution >= 4 is 11.4 Å². The third-order valence-electron chi connectivity index (χ3n) is 4.26. The first kappa shape index (κ1) is 15.7. The number of nitrogens with zero attached hydrogens (tertiary/aromatic N) is 1. The Kier molecular flexibility index (Phi) is 5.09. The van der Waals surface area contributed by atoms with Crippen molar-refractivity contribution in [1.82, 2.24) is 0 Å². The van der Waals surface area contributed by atoms with Crippen LogP contribution in [0.5, 0.6) is 0 Å². The van der Waals surface area contributed by atoms with E-state index in [2.05, 4.69) is 12.2 Å². The largest absolute Gasteiger partial charge is 0.377 e. The number of anilines is 1. The molecule has 0 aliphatic heterocycles. The summed E-state index contributed by atoms with van der Waals surface area (Å²) in [5.74, 6) is -0.934. The molecule has 0 saturated heterocycles. The fourth-order valence-corrected chi connectivity index (χ4v) is 2.88. The molecule has 1 aromatic carbocycles. The average Bonchev–Trinajstić information content (AvgIpc) is 2.45. The summed E-state index contributed by atoms with van der Waals surface area (Å²) in [7, 11) is 0. The normalized spacial score (nSPS) is 22.0. The first-order valence-electron chi connectivity index (χ1n) is 7.35. The molecule has 0 bridgehead atoms. The molecule has 1 N–H and O–H groups in total. The molecular weight excluding hydrogens is 278 g/mol. The number of hydrogen-bond donors (Lipinski definition) is 1. The van der Waals surface area contributed by atoms with Crippen LogP contribution in [0.3, 0.4) is 0 Å². The molecule has 1 saturated carbocycles. The summed E-state index contributed by atoms with van der Waals surface area (Å²) in [6.45, 7) is 2.65. The summed E-state index contributed by atoms with van der Waals surface area (Å²) in [6, 6.07) is 1.77.